The SMILES string of the molecule is CN(C)C(=C(C(Cl)=C(Cl)Cl)[N+](=O)[O-])N(C)C. The van der Waals surface area contributed by atoms with E-state index in [2.05, 4.69) is 0 Å². The Morgan fingerprint density at radius 2 is 1.44 bits per heavy atom. The molecule has 92 valence electrons. The van der Waals surface area contributed by atoms with Crippen LogP contribution < -0.4 is 0 Å². The van der Waals surface area contributed by atoms with Gasteiger partial charge in [0.2, 0.25) is 0 Å². The van der Waals surface area contributed by atoms with Crippen molar-refractivity contribution >= 4 is 34.8 Å². The van der Waals surface area contributed by atoms with Gasteiger partial charge in [-0.15, -0.1) is 0 Å². The van der Waals surface area contributed by atoms with Gasteiger partial charge >= 0.3 is 5.70 Å². The Labute approximate surface area is 109 Å². The third kappa shape index (κ3) is 3.73. The average molecular weight is 289 g/mol. The van der Waals surface area contributed by atoms with Crippen molar-refractivity contribution in [2.24, 2.45) is 0 Å². The number of halogens is 3. The highest BCUT2D eigenvalue weighted by atomic mass is 35.5. The summed E-state index contributed by atoms with van der Waals surface area (Å²) in [6, 6.07) is 0. The maximum atomic E-state index is 11.0. The molecule has 0 aromatic carbocycles. The van der Waals surface area contributed by atoms with Gasteiger partial charge in [-0.05, 0) is 0 Å². The fourth-order valence-corrected chi connectivity index (χ4v) is 1.51. The second kappa shape index (κ2) is 6.18. The van der Waals surface area contributed by atoms with Gasteiger partial charge in [0, 0.05) is 28.2 Å². The molecular formula is C8H12Cl3N3O2. The fourth-order valence-electron chi connectivity index (χ4n) is 1.17. The highest BCUT2D eigenvalue weighted by molar-refractivity contribution is 6.59. The maximum absolute atomic E-state index is 11.0. The summed E-state index contributed by atoms with van der Waals surface area (Å²) in [5.74, 6) is 0.300. The predicted molar refractivity (Wildman–Crippen MR) is 66.0 cm³/mol. The van der Waals surface area contributed by atoms with Gasteiger partial charge < -0.3 is 9.80 Å². The summed E-state index contributed by atoms with van der Waals surface area (Å²) in [4.78, 5) is 13.4. The number of nitrogens with zero attached hydrogens (tertiary/aromatic N) is 3. The maximum Gasteiger partial charge on any atom is 0.330 e. The van der Waals surface area contributed by atoms with Crippen LogP contribution >= 0.6 is 34.8 Å². The molecule has 0 atom stereocenters. The summed E-state index contributed by atoms with van der Waals surface area (Å²) in [6.07, 6.45) is 0. The second-order valence-electron chi connectivity index (χ2n) is 3.29. The van der Waals surface area contributed by atoms with E-state index in [0.29, 0.717) is 5.82 Å². The molecule has 0 heterocycles. The van der Waals surface area contributed by atoms with Crippen LogP contribution in [-0.4, -0.2) is 42.9 Å². The lowest BCUT2D eigenvalue weighted by molar-refractivity contribution is -0.423. The van der Waals surface area contributed by atoms with E-state index in [0.717, 1.165) is 0 Å². The summed E-state index contributed by atoms with van der Waals surface area (Å²) in [7, 11) is 6.63. The molecule has 0 amide bonds. The Bertz CT molecular complexity index is 336. The van der Waals surface area contributed by atoms with Crippen LogP contribution in [0.2, 0.25) is 0 Å². The second-order valence-corrected chi connectivity index (χ2v) is 4.62. The summed E-state index contributed by atoms with van der Waals surface area (Å²) < 4.78 is -0.338. The fraction of sp³-hybridized carbons (Fsp3) is 0.500. The largest absolute Gasteiger partial charge is 0.359 e. The lowest BCUT2D eigenvalue weighted by Gasteiger charge is -2.23. The van der Waals surface area contributed by atoms with Gasteiger partial charge in [0.25, 0.3) is 0 Å². The van der Waals surface area contributed by atoms with Crippen LogP contribution in [0.25, 0.3) is 0 Å². The number of rotatable bonds is 4. The zero-order valence-corrected chi connectivity index (χ0v) is 11.6. The lowest BCUT2D eigenvalue weighted by atomic mass is 10.4. The Morgan fingerprint density at radius 1 is 1.06 bits per heavy atom. The molecule has 0 saturated heterocycles. The molecule has 0 N–H and O–H groups in total. The van der Waals surface area contributed by atoms with Gasteiger partial charge in [-0.25, -0.2) is 0 Å². The highest BCUT2D eigenvalue weighted by Gasteiger charge is 2.27. The first-order valence-electron chi connectivity index (χ1n) is 4.14. The standard InChI is InChI=1S/C8H12Cl3N3O2/c1-12(2)8(13(3)4)6(14(15)16)5(9)7(10)11/h1-4H3. The summed E-state index contributed by atoms with van der Waals surface area (Å²) in [6.45, 7) is 0. The molecule has 0 aromatic rings. The van der Waals surface area contributed by atoms with E-state index in [-0.39, 0.29) is 15.2 Å². The lowest BCUT2D eigenvalue weighted by Crippen LogP contribution is -2.28. The predicted octanol–water partition coefficient (Wildman–Crippen LogP) is 2.44. The van der Waals surface area contributed by atoms with Crippen molar-refractivity contribution < 1.29 is 4.92 Å². The molecule has 0 aliphatic carbocycles. The molecule has 0 fully saturated rings. The first-order chi connectivity index (χ1) is 7.20. The van der Waals surface area contributed by atoms with Crippen LogP contribution in [0.15, 0.2) is 21.0 Å². The van der Waals surface area contributed by atoms with Crippen molar-refractivity contribution in [2.45, 2.75) is 0 Å². The highest BCUT2D eigenvalue weighted by Crippen LogP contribution is 2.28. The summed E-state index contributed by atoms with van der Waals surface area (Å²) >= 11 is 16.6. The zero-order chi connectivity index (χ0) is 13.0. The van der Waals surface area contributed by atoms with Gasteiger partial charge in [-0.2, -0.15) is 0 Å². The third-order valence-corrected chi connectivity index (χ3v) is 2.55. The molecule has 0 rings (SSSR count). The molecule has 0 aromatic heterocycles. The van der Waals surface area contributed by atoms with Crippen LogP contribution in [0.5, 0.6) is 0 Å². The van der Waals surface area contributed by atoms with E-state index in [4.69, 9.17) is 34.8 Å². The van der Waals surface area contributed by atoms with E-state index >= 15 is 0 Å². The smallest absolute Gasteiger partial charge is 0.330 e. The molecular weight excluding hydrogens is 276 g/mol. The van der Waals surface area contributed by atoms with Gasteiger partial charge in [0.15, 0.2) is 10.9 Å². The Balaban J connectivity index is 5.91. The van der Waals surface area contributed by atoms with Crippen molar-refractivity contribution in [3.05, 3.63) is 31.2 Å². The van der Waals surface area contributed by atoms with Crippen LogP contribution in [0.1, 0.15) is 0 Å². The topological polar surface area (TPSA) is 49.6 Å². The van der Waals surface area contributed by atoms with Gasteiger partial charge in [0.05, 0.1) is 4.92 Å². The molecule has 0 unspecified atom stereocenters. The molecule has 0 aliphatic rings. The number of hydrogen-bond donors (Lipinski definition) is 0. The van der Waals surface area contributed by atoms with Crippen molar-refractivity contribution in [3.63, 3.8) is 0 Å². The molecule has 16 heavy (non-hydrogen) atoms. The van der Waals surface area contributed by atoms with E-state index in [1.807, 2.05) is 0 Å². The van der Waals surface area contributed by atoms with Crippen molar-refractivity contribution in [3.8, 4) is 0 Å². The van der Waals surface area contributed by atoms with Gasteiger partial charge in [0.1, 0.15) is 4.49 Å². The van der Waals surface area contributed by atoms with Crippen molar-refractivity contribution in [1.82, 2.24) is 9.80 Å². The molecule has 0 saturated carbocycles. The van der Waals surface area contributed by atoms with E-state index in [9.17, 15) is 10.1 Å². The molecule has 0 spiro atoms. The minimum Gasteiger partial charge on any atom is -0.359 e. The third-order valence-electron chi connectivity index (χ3n) is 1.62. The monoisotopic (exact) mass is 287 g/mol. The Kier molecular flexibility index (Phi) is 5.92. The molecule has 5 nitrogen and oxygen atoms in total. The van der Waals surface area contributed by atoms with Crippen LogP contribution in [0.3, 0.4) is 0 Å². The number of hydrogen-bond acceptors (Lipinski definition) is 4. The van der Waals surface area contributed by atoms with Crippen molar-refractivity contribution in [1.29, 1.82) is 0 Å². The summed E-state index contributed by atoms with van der Waals surface area (Å²) in [5, 5.41) is 10.7. The average Bonchev–Trinajstić information content (AvgIpc) is 2.10. The minimum atomic E-state index is -0.623. The number of allylic oxidation sites excluding steroid dienone is 1. The van der Waals surface area contributed by atoms with E-state index < -0.39 is 4.92 Å². The van der Waals surface area contributed by atoms with E-state index in [1.54, 1.807) is 38.0 Å². The first kappa shape index (κ1) is 15.3. The van der Waals surface area contributed by atoms with Gasteiger partial charge in [-0.3, -0.25) is 10.1 Å². The minimum absolute atomic E-state index is 0.286. The molecule has 0 bridgehead atoms. The normalized spacial score (nSPS) is 9.44. The van der Waals surface area contributed by atoms with Crippen molar-refractivity contribution in [2.75, 3.05) is 28.2 Å². The summed E-state index contributed by atoms with van der Waals surface area (Å²) in [5.41, 5.74) is -0.336. The first-order valence-corrected chi connectivity index (χ1v) is 5.28. The van der Waals surface area contributed by atoms with Gasteiger partial charge in [-0.1, -0.05) is 34.8 Å². The quantitative estimate of drug-likeness (QED) is 0.453. The van der Waals surface area contributed by atoms with E-state index in [1.165, 1.54) is 0 Å². The number of nitro groups is 1. The van der Waals surface area contributed by atoms with Crippen LogP contribution in [0.4, 0.5) is 0 Å². The van der Waals surface area contributed by atoms with Crippen LogP contribution in [0, 0.1) is 10.1 Å². The van der Waals surface area contributed by atoms with Crippen LogP contribution in [-0.2, 0) is 0 Å². The molecule has 0 radical (unpaired) electrons. The Hall–Kier alpha value is -0.650. The molecule has 0 aliphatic heterocycles. The molecule has 8 heteroatoms. The zero-order valence-electron chi connectivity index (χ0n) is 9.29. The Morgan fingerprint density at radius 3 is 1.62 bits per heavy atom.